The van der Waals surface area contributed by atoms with Gasteiger partial charge in [0.1, 0.15) is 17.4 Å². The fourth-order valence-corrected chi connectivity index (χ4v) is 4.55. The van der Waals surface area contributed by atoms with E-state index in [1.807, 2.05) is 30.5 Å². The van der Waals surface area contributed by atoms with Gasteiger partial charge in [0.25, 0.3) is 0 Å². The number of nitrogens with zero attached hydrogens (tertiary/aromatic N) is 2. The van der Waals surface area contributed by atoms with Crippen molar-refractivity contribution in [1.29, 1.82) is 0 Å². The van der Waals surface area contributed by atoms with Crippen molar-refractivity contribution in [2.45, 2.75) is 63.1 Å². The molecule has 3 N–H and O–H groups in total. The van der Waals surface area contributed by atoms with Gasteiger partial charge in [0, 0.05) is 43.4 Å². The summed E-state index contributed by atoms with van der Waals surface area (Å²) in [6, 6.07) is 12.3. The summed E-state index contributed by atoms with van der Waals surface area (Å²) in [5.41, 5.74) is 2.04. The van der Waals surface area contributed by atoms with Gasteiger partial charge in [0.2, 0.25) is 5.91 Å². The van der Waals surface area contributed by atoms with Crippen LogP contribution < -0.4 is 10.6 Å². The van der Waals surface area contributed by atoms with E-state index < -0.39 is 23.8 Å². The predicted octanol–water partition coefficient (Wildman–Crippen LogP) is 3.58. The first-order valence-electron chi connectivity index (χ1n) is 12.5. The molecule has 1 fully saturated rings. The molecular weight excluding hydrogens is 478 g/mol. The molecule has 1 saturated carbocycles. The summed E-state index contributed by atoms with van der Waals surface area (Å²) in [4.78, 5) is 23.7. The highest BCUT2D eigenvalue weighted by Crippen LogP contribution is 2.45. The van der Waals surface area contributed by atoms with Gasteiger partial charge in [-0.25, -0.2) is 13.5 Å². The third kappa shape index (κ3) is 7.30. The van der Waals surface area contributed by atoms with E-state index in [0.717, 1.165) is 30.2 Å². The molecule has 0 bridgehead atoms. The van der Waals surface area contributed by atoms with Crippen LogP contribution in [-0.2, 0) is 21.5 Å². The van der Waals surface area contributed by atoms with E-state index in [0.29, 0.717) is 12.0 Å². The summed E-state index contributed by atoms with van der Waals surface area (Å²) in [6.07, 6.45) is 5.20. The molecule has 9 heteroatoms. The van der Waals surface area contributed by atoms with Crippen LogP contribution in [0.4, 0.5) is 8.78 Å². The van der Waals surface area contributed by atoms with Crippen molar-refractivity contribution in [2.75, 3.05) is 6.54 Å². The highest BCUT2D eigenvalue weighted by Gasteiger charge is 2.44. The maximum absolute atomic E-state index is 13.8. The number of rotatable bonds is 13. The molecule has 1 aliphatic rings. The molecule has 2 aromatic carbocycles. The van der Waals surface area contributed by atoms with E-state index in [1.165, 1.54) is 19.1 Å². The zero-order valence-corrected chi connectivity index (χ0v) is 20.8. The van der Waals surface area contributed by atoms with E-state index in [1.54, 1.807) is 10.9 Å². The second kappa shape index (κ2) is 11.7. The van der Waals surface area contributed by atoms with Crippen molar-refractivity contribution < 1.29 is 23.5 Å². The van der Waals surface area contributed by atoms with Gasteiger partial charge in [-0.3, -0.25) is 4.79 Å². The molecule has 0 aliphatic heterocycles. The van der Waals surface area contributed by atoms with Crippen LogP contribution in [0.15, 0.2) is 60.9 Å². The van der Waals surface area contributed by atoms with Crippen LogP contribution in [0.1, 0.15) is 50.2 Å². The summed E-state index contributed by atoms with van der Waals surface area (Å²) in [6.45, 7) is 1.63. The molecule has 37 heavy (non-hydrogen) atoms. The Labute approximate surface area is 214 Å². The van der Waals surface area contributed by atoms with Gasteiger partial charge in [-0.1, -0.05) is 12.1 Å². The van der Waals surface area contributed by atoms with E-state index in [2.05, 4.69) is 21.8 Å². The van der Waals surface area contributed by atoms with Gasteiger partial charge < -0.3 is 20.5 Å². The number of halogens is 2. The van der Waals surface area contributed by atoms with Crippen LogP contribution in [0.2, 0.25) is 0 Å². The van der Waals surface area contributed by atoms with Crippen molar-refractivity contribution in [2.24, 2.45) is 0 Å². The summed E-state index contributed by atoms with van der Waals surface area (Å²) >= 11 is 0. The standard InChI is InChI=1S/C28H32F2N4O3/c1-19(35)5-2-8-27(37)33-25(15-20-13-22(29)17-23(30)14-20)26(36)18-31-28(9-10-28)21-6-3-7-24(16-21)34-12-4-11-32-34/h3-4,6-7,11-14,16-17,25-26,31,36H,2,5,8-10,15,18H2,1H3,(H,33,37). The van der Waals surface area contributed by atoms with E-state index in [4.69, 9.17) is 0 Å². The molecule has 7 nitrogen and oxygen atoms in total. The molecule has 1 heterocycles. The Kier molecular flexibility index (Phi) is 8.45. The monoisotopic (exact) mass is 510 g/mol. The lowest BCUT2D eigenvalue weighted by atomic mass is 9.99. The Hall–Kier alpha value is -3.43. The maximum atomic E-state index is 13.8. The lowest BCUT2D eigenvalue weighted by Gasteiger charge is -2.27. The minimum Gasteiger partial charge on any atom is -0.390 e. The average molecular weight is 511 g/mol. The number of carbonyl (C=O) groups is 2. The van der Waals surface area contributed by atoms with E-state index in [9.17, 15) is 23.5 Å². The van der Waals surface area contributed by atoms with E-state index in [-0.39, 0.29) is 43.0 Å². The quantitative estimate of drug-likeness (QED) is 0.327. The van der Waals surface area contributed by atoms with Gasteiger partial charge in [0.15, 0.2) is 0 Å². The highest BCUT2D eigenvalue weighted by molar-refractivity contribution is 5.78. The van der Waals surface area contributed by atoms with Crippen molar-refractivity contribution in [3.05, 3.63) is 83.7 Å². The lowest BCUT2D eigenvalue weighted by Crippen LogP contribution is -2.50. The van der Waals surface area contributed by atoms with Crippen molar-refractivity contribution in [3.8, 4) is 5.69 Å². The SMILES string of the molecule is CC(=O)CCCC(=O)NC(Cc1cc(F)cc(F)c1)C(O)CNC1(c2cccc(-n3cccn3)c2)CC1. The van der Waals surface area contributed by atoms with Gasteiger partial charge in [-0.15, -0.1) is 0 Å². The van der Waals surface area contributed by atoms with Gasteiger partial charge in [0.05, 0.1) is 17.8 Å². The Balaban J connectivity index is 1.44. The predicted molar refractivity (Wildman–Crippen MR) is 135 cm³/mol. The maximum Gasteiger partial charge on any atom is 0.220 e. The summed E-state index contributed by atoms with van der Waals surface area (Å²) in [5, 5.41) is 21.6. The second-order valence-electron chi connectivity index (χ2n) is 9.74. The summed E-state index contributed by atoms with van der Waals surface area (Å²) in [7, 11) is 0. The zero-order chi connectivity index (χ0) is 26.4. The number of aromatic nitrogens is 2. The van der Waals surface area contributed by atoms with Crippen LogP contribution in [0.5, 0.6) is 0 Å². The lowest BCUT2D eigenvalue weighted by molar-refractivity contribution is -0.123. The van der Waals surface area contributed by atoms with Crippen molar-refractivity contribution in [1.82, 2.24) is 20.4 Å². The number of aliphatic hydroxyl groups is 1. The Morgan fingerprint density at radius 2 is 1.86 bits per heavy atom. The molecule has 2 atom stereocenters. The number of amides is 1. The normalized spacial score (nSPS) is 15.7. The number of nitrogens with one attached hydrogen (secondary N) is 2. The van der Waals surface area contributed by atoms with E-state index >= 15 is 0 Å². The average Bonchev–Trinajstić information content (AvgIpc) is 3.44. The molecule has 0 spiro atoms. The summed E-state index contributed by atoms with van der Waals surface area (Å²) < 4.78 is 29.3. The minimum atomic E-state index is -1.02. The molecule has 0 radical (unpaired) electrons. The fourth-order valence-electron chi connectivity index (χ4n) is 4.55. The van der Waals surface area contributed by atoms with Crippen LogP contribution in [-0.4, -0.2) is 45.3 Å². The number of benzene rings is 2. The third-order valence-electron chi connectivity index (χ3n) is 6.69. The first-order chi connectivity index (χ1) is 17.7. The molecule has 196 valence electrons. The van der Waals surface area contributed by atoms with Gasteiger partial charge in [-0.05, 0) is 74.1 Å². The van der Waals surface area contributed by atoms with Gasteiger partial charge in [-0.2, -0.15) is 5.10 Å². The molecule has 1 aliphatic carbocycles. The number of hydrogen-bond donors (Lipinski definition) is 3. The Morgan fingerprint density at radius 3 is 2.51 bits per heavy atom. The van der Waals surface area contributed by atoms with Crippen LogP contribution in [0.3, 0.4) is 0 Å². The summed E-state index contributed by atoms with van der Waals surface area (Å²) in [5.74, 6) is -1.77. The molecule has 2 unspecified atom stereocenters. The fraction of sp³-hybridized carbons (Fsp3) is 0.393. The smallest absolute Gasteiger partial charge is 0.220 e. The van der Waals surface area contributed by atoms with Crippen molar-refractivity contribution >= 4 is 11.7 Å². The Bertz CT molecular complexity index is 1210. The number of ketones is 1. The number of carbonyl (C=O) groups excluding carboxylic acids is 2. The highest BCUT2D eigenvalue weighted by atomic mass is 19.1. The topological polar surface area (TPSA) is 96.3 Å². The van der Waals surface area contributed by atoms with Gasteiger partial charge >= 0.3 is 0 Å². The van der Waals surface area contributed by atoms with Crippen LogP contribution in [0.25, 0.3) is 5.69 Å². The molecular formula is C28H32F2N4O3. The number of hydrogen-bond acceptors (Lipinski definition) is 5. The molecule has 4 rings (SSSR count). The molecule has 1 aromatic heterocycles. The third-order valence-corrected chi connectivity index (χ3v) is 6.69. The van der Waals surface area contributed by atoms with Crippen LogP contribution in [0, 0.1) is 11.6 Å². The zero-order valence-electron chi connectivity index (χ0n) is 20.8. The Morgan fingerprint density at radius 1 is 1.11 bits per heavy atom. The molecule has 0 saturated heterocycles. The first kappa shape index (κ1) is 26.6. The molecule has 3 aromatic rings. The van der Waals surface area contributed by atoms with Crippen LogP contribution >= 0.6 is 0 Å². The van der Waals surface area contributed by atoms with Crippen molar-refractivity contribution in [3.63, 3.8) is 0 Å². The second-order valence-corrected chi connectivity index (χ2v) is 9.74. The number of aliphatic hydroxyl groups excluding tert-OH is 1. The minimum absolute atomic E-state index is 0.00446. The largest absolute Gasteiger partial charge is 0.390 e. The first-order valence-corrected chi connectivity index (χ1v) is 12.5. The molecule has 1 amide bonds. The number of Topliss-reactive ketones (excluding diaryl/α,β-unsaturated/α-hetero) is 1.